The highest BCUT2D eigenvalue weighted by molar-refractivity contribution is 7.85. The van der Waals surface area contributed by atoms with Gasteiger partial charge in [0.2, 0.25) is 11.8 Å². The van der Waals surface area contributed by atoms with E-state index in [0.29, 0.717) is 33.9 Å². The van der Waals surface area contributed by atoms with Crippen LogP contribution < -0.4 is 9.64 Å². The molecule has 2 aliphatic heterocycles. The maximum absolute atomic E-state index is 12.5. The molecule has 0 bridgehead atoms. The molecule has 0 amide bonds. The van der Waals surface area contributed by atoms with Crippen LogP contribution in [0.1, 0.15) is 49.5 Å². The van der Waals surface area contributed by atoms with E-state index in [4.69, 9.17) is 21.3 Å². The first-order valence-electron chi connectivity index (χ1n) is 10.4. The second-order valence-electron chi connectivity index (χ2n) is 8.22. The monoisotopic (exact) mass is 449 g/mol. The van der Waals surface area contributed by atoms with Gasteiger partial charge in [-0.05, 0) is 32.1 Å². The van der Waals surface area contributed by atoms with Crippen molar-refractivity contribution in [2.75, 3.05) is 30.3 Å². The van der Waals surface area contributed by atoms with Crippen LogP contribution in [0.25, 0.3) is 0 Å². The fourth-order valence-electron chi connectivity index (χ4n) is 4.30. The third-order valence-electron chi connectivity index (χ3n) is 6.29. The van der Waals surface area contributed by atoms with Gasteiger partial charge >= 0.3 is 0 Å². The Morgan fingerprint density at radius 3 is 2.60 bits per heavy atom. The van der Waals surface area contributed by atoms with Crippen LogP contribution in [0.2, 0.25) is 5.02 Å². The van der Waals surface area contributed by atoms with Crippen LogP contribution >= 0.6 is 11.6 Å². The number of aliphatic hydroxyl groups excluding tert-OH is 1. The third kappa shape index (κ3) is 3.67. The molecule has 10 heteroatoms. The zero-order chi connectivity index (χ0) is 20.7. The summed E-state index contributed by atoms with van der Waals surface area (Å²) in [5.74, 6) is 2.66. The van der Waals surface area contributed by atoms with E-state index in [1.165, 1.54) is 0 Å². The number of aromatic nitrogens is 4. The Morgan fingerprint density at radius 1 is 1.23 bits per heavy atom. The van der Waals surface area contributed by atoms with E-state index in [1.807, 2.05) is 0 Å². The number of aryl methyl sites for hydroxylation is 1. The van der Waals surface area contributed by atoms with E-state index >= 15 is 0 Å². The summed E-state index contributed by atoms with van der Waals surface area (Å²) >= 11 is 5.90. The Kier molecular flexibility index (Phi) is 5.37. The summed E-state index contributed by atoms with van der Waals surface area (Å²) in [6.07, 6.45) is 8.32. The highest BCUT2D eigenvalue weighted by atomic mass is 35.5. The Labute approximate surface area is 182 Å². The van der Waals surface area contributed by atoms with Crippen molar-refractivity contribution >= 4 is 28.3 Å². The molecule has 0 spiro atoms. The molecule has 4 heterocycles. The molecule has 30 heavy (non-hydrogen) atoms. The van der Waals surface area contributed by atoms with E-state index in [0.717, 1.165) is 56.7 Å². The number of ether oxygens (including phenoxy) is 1. The molecular weight excluding hydrogens is 426 g/mol. The summed E-state index contributed by atoms with van der Waals surface area (Å²) in [6.45, 7) is 1.51. The van der Waals surface area contributed by atoms with Gasteiger partial charge in [0.25, 0.3) is 0 Å². The zero-order valence-corrected chi connectivity index (χ0v) is 18.2. The lowest BCUT2D eigenvalue weighted by Crippen LogP contribution is -2.47. The molecule has 0 unspecified atom stereocenters. The average molecular weight is 450 g/mol. The van der Waals surface area contributed by atoms with Crippen LogP contribution in [0.15, 0.2) is 17.3 Å². The molecule has 2 aromatic rings. The minimum absolute atomic E-state index is 0.0553. The summed E-state index contributed by atoms with van der Waals surface area (Å²) in [7, 11) is -1.15. The second kappa shape index (κ2) is 8.01. The van der Waals surface area contributed by atoms with E-state index in [1.54, 1.807) is 12.4 Å². The van der Waals surface area contributed by atoms with Crippen molar-refractivity contribution in [1.29, 1.82) is 0 Å². The molecular formula is C20H24ClN5O3S. The summed E-state index contributed by atoms with van der Waals surface area (Å²) in [5, 5.41) is 10.4. The van der Waals surface area contributed by atoms with Gasteiger partial charge in [0.1, 0.15) is 16.3 Å². The molecule has 1 aliphatic carbocycles. The number of aliphatic hydroxyl groups is 1. The maximum Gasteiger partial charge on any atom is 0.235 e. The van der Waals surface area contributed by atoms with Crippen molar-refractivity contribution in [3.8, 4) is 5.88 Å². The highest BCUT2D eigenvalue weighted by Gasteiger charge is 2.41. The number of rotatable bonds is 5. The number of nitrogens with zero attached hydrogens (tertiary/aromatic N) is 5. The van der Waals surface area contributed by atoms with E-state index in [-0.39, 0.29) is 12.5 Å². The average Bonchev–Trinajstić information content (AvgIpc) is 3.12. The third-order valence-corrected chi connectivity index (χ3v) is 7.93. The fraction of sp³-hybridized carbons (Fsp3) is 0.600. The van der Waals surface area contributed by atoms with Crippen LogP contribution in [-0.2, 0) is 17.2 Å². The normalized spacial score (nSPS) is 23.1. The second-order valence-corrected chi connectivity index (χ2v) is 10.2. The lowest BCUT2D eigenvalue weighted by atomic mass is 9.81. The molecule has 2 fully saturated rings. The zero-order valence-electron chi connectivity index (χ0n) is 16.6. The van der Waals surface area contributed by atoms with Crippen LogP contribution in [0.3, 0.4) is 0 Å². The SMILES string of the molecule is O=[S@@]1CCc2nc(N3CCC(c4ncc(Cl)cn4)CC3)nc(OC3(CO)CCC3)c21. The molecule has 8 nitrogen and oxygen atoms in total. The van der Waals surface area contributed by atoms with Crippen molar-refractivity contribution in [3.63, 3.8) is 0 Å². The number of halogens is 1. The van der Waals surface area contributed by atoms with Crippen LogP contribution in [0, 0.1) is 0 Å². The fourth-order valence-corrected chi connectivity index (χ4v) is 5.67. The number of hydrogen-bond acceptors (Lipinski definition) is 8. The van der Waals surface area contributed by atoms with E-state index < -0.39 is 16.4 Å². The van der Waals surface area contributed by atoms with Crippen LogP contribution in [-0.4, -0.2) is 60.3 Å². The number of hydrogen-bond donors (Lipinski definition) is 1. The molecule has 160 valence electrons. The summed E-state index contributed by atoms with van der Waals surface area (Å²) in [5.41, 5.74) is 0.217. The van der Waals surface area contributed by atoms with E-state index in [9.17, 15) is 9.32 Å². The topological polar surface area (TPSA) is 101 Å². The number of fused-ring (bicyclic) bond motifs is 1. The summed E-state index contributed by atoms with van der Waals surface area (Å²) in [4.78, 5) is 20.9. The van der Waals surface area contributed by atoms with Gasteiger partial charge < -0.3 is 14.7 Å². The Balaban J connectivity index is 1.37. The molecule has 2 aromatic heterocycles. The van der Waals surface area contributed by atoms with Crippen molar-refractivity contribution in [2.24, 2.45) is 0 Å². The molecule has 1 atom stereocenters. The molecule has 1 saturated heterocycles. The number of piperidine rings is 1. The van der Waals surface area contributed by atoms with Gasteiger partial charge in [-0.3, -0.25) is 4.21 Å². The number of anilines is 1. The smallest absolute Gasteiger partial charge is 0.235 e. The van der Waals surface area contributed by atoms with Gasteiger partial charge in [0, 0.05) is 43.6 Å². The Hall–Kier alpha value is -1.84. The van der Waals surface area contributed by atoms with Gasteiger partial charge in [0.05, 0.1) is 28.1 Å². The van der Waals surface area contributed by atoms with E-state index in [2.05, 4.69) is 19.9 Å². The van der Waals surface area contributed by atoms with Crippen molar-refractivity contribution in [2.45, 2.75) is 54.9 Å². The summed E-state index contributed by atoms with van der Waals surface area (Å²) < 4.78 is 18.7. The van der Waals surface area contributed by atoms with Gasteiger partial charge in [0.15, 0.2) is 0 Å². The summed E-state index contributed by atoms with van der Waals surface area (Å²) in [6, 6.07) is 0. The van der Waals surface area contributed by atoms with Crippen molar-refractivity contribution < 1.29 is 14.1 Å². The molecule has 5 rings (SSSR count). The van der Waals surface area contributed by atoms with Gasteiger partial charge in [-0.25, -0.2) is 15.0 Å². The van der Waals surface area contributed by atoms with Gasteiger partial charge in [-0.1, -0.05) is 11.6 Å². The molecule has 0 radical (unpaired) electrons. The van der Waals surface area contributed by atoms with Crippen molar-refractivity contribution in [1.82, 2.24) is 19.9 Å². The predicted octanol–water partition coefficient (Wildman–Crippen LogP) is 2.26. The minimum Gasteiger partial charge on any atom is -0.468 e. The first kappa shape index (κ1) is 20.1. The molecule has 0 aromatic carbocycles. The lowest BCUT2D eigenvalue weighted by molar-refractivity contribution is -0.0564. The van der Waals surface area contributed by atoms with Gasteiger partial charge in [-0.15, -0.1) is 0 Å². The first-order valence-corrected chi connectivity index (χ1v) is 12.1. The quantitative estimate of drug-likeness (QED) is 0.741. The predicted molar refractivity (Wildman–Crippen MR) is 113 cm³/mol. The van der Waals surface area contributed by atoms with Crippen LogP contribution in [0.5, 0.6) is 5.88 Å². The lowest BCUT2D eigenvalue weighted by Gasteiger charge is -2.40. The maximum atomic E-state index is 12.5. The highest BCUT2D eigenvalue weighted by Crippen LogP contribution is 2.40. The van der Waals surface area contributed by atoms with Gasteiger partial charge in [-0.2, -0.15) is 4.98 Å². The van der Waals surface area contributed by atoms with Crippen molar-refractivity contribution in [3.05, 3.63) is 28.9 Å². The molecule has 3 aliphatic rings. The molecule has 1 N–H and O–H groups in total. The standard InChI is InChI=1S/C20H24ClN5O3S/c21-14-10-22-17(23-11-14)13-2-7-26(8-3-13)19-24-15-4-9-30(28)16(15)18(25-19)29-20(12-27)5-1-6-20/h10-11,13,27H,1-9,12H2/t30-/m1/s1. The molecule has 1 saturated carbocycles. The largest absolute Gasteiger partial charge is 0.468 e. The Bertz CT molecular complexity index is 956. The minimum atomic E-state index is -1.15. The van der Waals surface area contributed by atoms with Crippen LogP contribution in [0.4, 0.5) is 5.95 Å². The Morgan fingerprint density at radius 2 is 1.97 bits per heavy atom. The first-order chi connectivity index (χ1) is 14.6.